The highest BCUT2D eigenvalue weighted by atomic mass is 32.2. The molecule has 0 saturated carbocycles. The Bertz CT molecular complexity index is 803. The summed E-state index contributed by atoms with van der Waals surface area (Å²) in [5.41, 5.74) is 1.01. The Labute approximate surface area is 129 Å². The third-order valence-electron chi connectivity index (χ3n) is 4.15. The van der Waals surface area contributed by atoms with Crippen molar-refractivity contribution in [3.63, 3.8) is 0 Å². The molecule has 1 heterocycles. The minimum Gasteiger partial charge on any atom is -0.508 e. The van der Waals surface area contributed by atoms with Crippen LogP contribution in [0.3, 0.4) is 0 Å². The van der Waals surface area contributed by atoms with Gasteiger partial charge < -0.3 is 10.2 Å². The van der Waals surface area contributed by atoms with E-state index in [1.807, 2.05) is 0 Å². The average Bonchev–Trinajstić information content (AvgIpc) is 2.52. The van der Waals surface area contributed by atoms with Crippen LogP contribution in [0.25, 0.3) is 0 Å². The molecule has 0 unspecified atom stereocenters. The lowest BCUT2D eigenvalue weighted by Crippen LogP contribution is -2.46. The van der Waals surface area contributed by atoms with Crippen LogP contribution in [0.15, 0.2) is 53.4 Å². The molecule has 116 valence electrons. The van der Waals surface area contributed by atoms with E-state index in [1.54, 1.807) is 42.5 Å². The molecule has 0 bridgehead atoms. The smallest absolute Gasteiger partial charge is 0.243 e. The van der Waals surface area contributed by atoms with E-state index < -0.39 is 22.2 Å². The minimum atomic E-state index is -3.64. The van der Waals surface area contributed by atoms with Crippen molar-refractivity contribution in [3.8, 4) is 5.75 Å². The number of sulfonamides is 1. The molecule has 0 aromatic heterocycles. The van der Waals surface area contributed by atoms with Gasteiger partial charge in [-0.15, -0.1) is 0 Å². The van der Waals surface area contributed by atoms with E-state index >= 15 is 0 Å². The van der Waals surface area contributed by atoms with E-state index in [0.29, 0.717) is 11.1 Å². The third kappa shape index (κ3) is 2.29. The van der Waals surface area contributed by atoms with Crippen LogP contribution in [0, 0.1) is 0 Å². The Hall–Kier alpha value is -1.89. The van der Waals surface area contributed by atoms with Crippen LogP contribution >= 0.6 is 0 Å². The van der Waals surface area contributed by atoms with E-state index in [2.05, 4.69) is 0 Å². The van der Waals surface area contributed by atoms with Gasteiger partial charge in [0.15, 0.2) is 0 Å². The summed E-state index contributed by atoms with van der Waals surface area (Å²) in [5.74, 6) is 0.0966. The Morgan fingerprint density at radius 1 is 1.09 bits per heavy atom. The summed E-state index contributed by atoms with van der Waals surface area (Å²) in [7, 11) is -2.19. The van der Waals surface area contributed by atoms with Crippen LogP contribution in [-0.4, -0.2) is 36.0 Å². The largest absolute Gasteiger partial charge is 0.508 e. The summed E-state index contributed by atoms with van der Waals surface area (Å²) < 4.78 is 26.4. The molecule has 2 atom stereocenters. The number of phenols is 1. The zero-order valence-electron chi connectivity index (χ0n) is 12.0. The molecule has 2 aromatic rings. The number of fused-ring (bicyclic) bond motifs is 1. The maximum Gasteiger partial charge on any atom is 0.243 e. The quantitative estimate of drug-likeness (QED) is 0.883. The van der Waals surface area contributed by atoms with Crippen molar-refractivity contribution in [1.82, 2.24) is 4.31 Å². The van der Waals surface area contributed by atoms with E-state index in [1.165, 1.54) is 17.4 Å². The lowest BCUT2D eigenvalue weighted by atomic mass is 9.95. The number of aliphatic hydroxyl groups excluding tert-OH is 1. The van der Waals surface area contributed by atoms with Crippen molar-refractivity contribution in [3.05, 3.63) is 59.7 Å². The first-order valence-corrected chi connectivity index (χ1v) is 8.39. The van der Waals surface area contributed by atoms with Crippen LogP contribution in [0.5, 0.6) is 5.75 Å². The number of aromatic hydroxyl groups is 1. The fraction of sp³-hybridized carbons (Fsp3) is 0.250. The molecule has 22 heavy (non-hydrogen) atoms. The normalized spacial score (nSPS) is 23.9. The molecule has 5 nitrogen and oxygen atoms in total. The van der Waals surface area contributed by atoms with Gasteiger partial charge >= 0.3 is 0 Å². The monoisotopic (exact) mass is 319 g/mol. The van der Waals surface area contributed by atoms with Crippen molar-refractivity contribution < 1.29 is 18.6 Å². The number of hydrogen-bond donors (Lipinski definition) is 2. The van der Waals surface area contributed by atoms with Crippen molar-refractivity contribution in [2.24, 2.45) is 0 Å². The van der Waals surface area contributed by atoms with Gasteiger partial charge in [0.1, 0.15) is 5.75 Å². The van der Waals surface area contributed by atoms with Gasteiger partial charge in [0.05, 0.1) is 17.0 Å². The number of aliphatic hydroxyl groups is 1. The zero-order valence-corrected chi connectivity index (χ0v) is 12.9. The molecule has 0 fully saturated rings. The molecule has 1 aliphatic heterocycles. The molecule has 0 spiro atoms. The van der Waals surface area contributed by atoms with Crippen molar-refractivity contribution >= 4 is 10.0 Å². The van der Waals surface area contributed by atoms with Crippen LogP contribution < -0.4 is 0 Å². The highest BCUT2D eigenvalue weighted by molar-refractivity contribution is 7.89. The molecule has 0 radical (unpaired) electrons. The van der Waals surface area contributed by atoms with Gasteiger partial charge in [0, 0.05) is 12.6 Å². The second kappa shape index (κ2) is 5.39. The lowest BCUT2D eigenvalue weighted by molar-refractivity contribution is 0.0889. The number of nitrogens with zero attached hydrogens (tertiary/aromatic N) is 1. The fourth-order valence-corrected chi connectivity index (χ4v) is 4.44. The number of phenolic OH excluding ortho intramolecular Hbond substituents is 1. The summed E-state index contributed by atoms with van der Waals surface area (Å²) >= 11 is 0. The average molecular weight is 319 g/mol. The molecule has 0 aliphatic carbocycles. The summed E-state index contributed by atoms with van der Waals surface area (Å²) in [6, 6.07) is 12.6. The molecule has 6 heteroatoms. The summed E-state index contributed by atoms with van der Waals surface area (Å²) in [6.07, 6.45) is -0.706. The number of likely N-dealkylation sites (N-methyl/N-ethyl adjacent to an activating group) is 1. The van der Waals surface area contributed by atoms with Gasteiger partial charge in [-0.25, -0.2) is 8.42 Å². The predicted molar refractivity (Wildman–Crippen MR) is 81.9 cm³/mol. The van der Waals surface area contributed by atoms with Gasteiger partial charge in [-0.05, 0) is 24.1 Å². The number of para-hydroxylation sites is 1. The molecular weight excluding hydrogens is 302 g/mol. The number of benzene rings is 2. The van der Waals surface area contributed by atoms with Crippen LogP contribution in [0.4, 0.5) is 0 Å². The van der Waals surface area contributed by atoms with Gasteiger partial charge in [0.25, 0.3) is 0 Å². The molecule has 3 rings (SSSR count). The van der Waals surface area contributed by atoms with Gasteiger partial charge in [-0.1, -0.05) is 36.4 Å². The first-order valence-electron chi connectivity index (χ1n) is 6.95. The molecule has 2 N–H and O–H groups in total. The first-order chi connectivity index (χ1) is 10.4. The molecule has 1 aliphatic rings. The van der Waals surface area contributed by atoms with Crippen molar-refractivity contribution in [2.75, 3.05) is 7.05 Å². The SMILES string of the molecule is CN1[C@@H](Cc2ccccc2O)[C@H](O)c2ccccc2S1(=O)=O. The topological polar surface area (TPSA) is 77.8 Å². The van der Waals surface area contributed by atoms with Gasteiger partial charge in [0.2, 0.25) is 10.0 Å². The van der Waals surface area contributed by atoms with E-state index in [-0.39, 0.29) is 17.1 Å². The van der Waals surface area contributed by atoms with E-state index in [0.717, 1.165) is 0 Å². The number of rotatable bonds is 2. The highest BCUT2D eigenvalue weighted by Crippen LogP contribution is 2.37. The summed E-state index contributed by atoms with van der Waals surface area (Å²) in [5, 5.41) is 20.5. The van der Waals surface area contributed by atoms with Crippen molar-refractivity contribution in [1.29, 1.82) is 0 Å². The molecular formula is C16H17NO4S. The van der Waals surface area contributed by atoms with E-state index in [4.69, 9.17) is 0 Å². The third-order valence-corrected chi connectivity index (χ3v) is 6.10. The van der Waals surface area contributed by atoms with E-state index in [9.17, 15) is 18.6 Å². The molecule has 2 aromatic carbocycles. The Kier molecular flexibility index (Phi) is 3.68. The summed E-state index contributed by atoms with van der Waals surface area (Å²) in [4.78, 5) is 0.138. The second-order valence-electron chi connectivity index (χ2n) is 5.40. The van der Waals surface area contributed by atoms with Crippen molar-refractivity contribution in [2.45, 2.75) is 23.5 Å². The predicted octanol–water partition coefficient (Wildman–Crippen LogP) is 1.67. The Morgan fingerprint density at radius 2 is 1.73 bits per heavy atom. The maximum atomic E-state index is 12.6. The zero-order chi connectivity index (χ0) is 15.9. The maximum absolute atomic E-state index is 12.6. The molecule has 0 amide bonds. The molecule has 0 saturated heterocycles. The Morgan fingerprint density at radius 3 is 2.45 bits per heavy atom. The minimum absolute atomic E-state index is 0.0966. The fourth-order valence-electron chi connectivity index (χ4n) is 2.85. The lowest BCUT2D eigenvalue weighted by Gasteiger charge is -2.37. The van der Waals surface area contributed by atoms with Crippen LogP contribution in [0.1, 0.15) is 17.2 Å². The highest BCUT2D eigenvalue weighted by Gasteiger charge is 2.41. The number of hydrogen-bond acceptors (Lipinski definition) is 4. The second-order valence-corrected chi connectivity index (χ2v) is 7.37. The standard InChI is InChI=1S/C16H17NO4S/c1-17-13(10-11-6-2-4-8-14(11)18)16(19)12-7-3-5-9-15(12)22(17,20)21/h2-9,13,16,18-19H,10H2,1H3/t13-,16+/m0/s1. The van der Waals surface area contributed by atoms with Gasteiger partial charge in [-0.3, -0.25) is 0 Å². The van der Waals surface area contributed by atoms with Crippen LogP contribution in [-0.2, 0) is 16.4 Å². The summed E-state index contributed by atoms with van der Waals surface area (Å²) in [6.45, 7) is 0. The first kappa shape index (κ1) is 15.0. The Balaban J connectivity index is 2.05. The van der Waals surface area contributed by atoms with Gasteiger partial charge in [-0.2, -0.15) is 4.31 Å². The van der Waals surface area contributed by atoms with Crippen LogP contribution in [0.2, 0.25) is 0 Å².